The van der Waals surface area contributed by atoms with E-state index in [2.05, 4.69) is 32.9 Å². The summed E-state index contributed by atoms with van der Waals surface area (Å²) in [6, 6.07) is 4.48. The van der Waals surface area contributed by atoms with Crippen molar-refractivity contribution in [1.29, 1.82) is 0 Å². The predicted molar refractivity (Wildman–Crippen MR) is 75.9 cm³/mol. The van der Waals surface area contributed by atoms with Crippen LogP contribution in [0.3, 0.4) is 0 Å². The minimum Gasteiger partial charge on any atom is -0.299 e. The minimum atomic E-state index is 0.271. The van der Waals surface area contributed by atoms with Crippen molar-refractivity contribution in [2.45, 2.75) is 59.3 Å². The summed E-state index contributed by atoms with van der Waals surface area (Å²) >= 11 is 0. The van der Waals surface area contributed by atoms with Crippen LogP contribution in [0.4, 0.5) is 0 Å². The van der Waals surface area contributed by atoms with Crippen LogP contribution in [0.5, 0.6) is 0 Å². The van der Waals surface area contributed by atoms with Crippen LogP contribution < -0.4 is 0 Å². The molecule has 0 aromatic heterocycles. The highest BCUT2D eigenvalue weighted by Gasteiger charge is 2.22. The lowest BCUT2D eigenvalue weighted by molar-refractivity contribution is -0.122. The Bertz CT molecular complexity index is 422. The Morgan fingerprint density at radius 2 is 1.72 bits per heavy atom. The van der Waals surface area contributed by atoms with Gasteiger partial charge in [0.15, 0.2) is 0 Å². The van der Waals surface area contributed by atoms with Gasteiger partial charge in [0, 0.05) is 12.3 Å². The maximum Gasteiger partial charge on any atom is 0.136 e. The van der Waals surface area contributed by atoms with E-state index in [-0.39, 0.29) is 5.92 Å². The van der Waals surface area contributed by atoms with E-state index >= 15 is 0 Å². The summed E-state index contributed by atoms with van der Waals surface area (Å²) in [7, 11) is 0. The summed E-state index contributed by atoms with van der Waals surface area (Å²) in [6.07, 6.45) is 6.40. The monoisotopic (exact) mass is 244 g/mol. The van der Waals surface area contributed by atoms with Crippen LogP contribution in [0.15, 0.2) is 12.1 Å². The summed E-state index contributed by atoms with van der Waals surface area (Å²) in [6.45, 7) is 6.49. The van der Waals surface area contributed by atoms with Gasteiger partial charge in [-0.2, -0.15) is 0 Å². The predicted octanol–water partition coefficient (Wildman–Crippen LogP) is 4.30. The molecule has 0 aliphatic heterocycles. The highest BCUT2D eigenvalue weighted by Crippen LogP contribution is 2.26. The largest absolute Gasteiger partial charge is 0.299 e. The average molecular weight is 244 g/mol. The number of Topliss-reactive ketones (excluding diaryl/α,β-unsaturated/α-hetero) is 1. The lowest BCUT2D eigenvalue weighted by atomic mass is 9.87. The van der Waals surface area contributed by atoms with E-state index in [1.165, 1.54) is 35.1 Å². The highest BCUT2D eigenvalue weighted by atomic mass is 16.1. The van der Waals surface area contributed by atoms with Crippen molar-refractivity contribution in [2.24, 2.45) is 5.92 Å². The van der Waals surface area contributed by atoms with E-state index in [0.29, 0.717) is 5.78 Å². The second kappa shape index (κ2) is 5.69. The summed E-state index contributed by atoms with van der Waals surface area (Å²) in [5, 5.41) is 0. The van der Waals surface area contributed by atoms with Gasteiger partial charge in [-0.05, 0) is 56.7 Å². The molecule has 0 bridgehead atoms. The Labute approximate surface area is 111 Å². The molecule has 1 atom stereocenters. The van der Waals surface area contributed by atoms with E-state index in [1.54, 1.807) is 0 Å². The van der Waals surface area contributed by atoms with Gasteiger partial charge >= 0.3 is 0 Å². The van der Waals surface area contributed by atoms with Gasteiger partial charge in [-0.3, -0.25) is 4.79 Å². The zero-order valence-corrected chi connectivity index (χ0v) is 11.9. The molecule has 1 nitrogen and oxygen atoms in total. The van der Waals surface area contributed by atoms with Crippen molar-refractivity contribution in [1.82, 2.24) is 0 Å². The molecular formula is C17H24O. The summed E-state index contributed by atoms with van der Waals surface area (Å²) < 4.78 is 0. The quantitative estimate of drug-likeness (QED) is 0.709. The second-order valence-electron chi connectivity index (χ2n) is 5.84. The number of hydrogen-bond acceptors (Lipinski definition) is 1. The van der Waals surface area contributed by atoms with Crippen LogP contribution in [0.2, 0.25) is 0 Å². The maximum atomic E-state index is 12.1. The zero-order chi connectivity index (χ0) is 13.1. The first kappa shape index (κ1) is 13.3. The first-order chi connectivity index (χ1) is 8.58. The first-order valence-corrected chi connectivity index (χ1v) is 7.17. The van der Waals surface area contributed by atoms with Gasteiger partial charge in [-0.1, -0.05) is 30.5 Å². The molecule has 0 saturated heterocycles. The molecule has 1 aliphatic rings. The fraction of sp³-hybridized carbons (Fsp3) is 0.588. The van der Waals surface area contributed by atoms with Crippen molar-refractivity contribution in [3.05, 3.63) is 34.4 Å². The second-order valence-corrected chi connectivity index (χ2v) is 5.84. The Morgan fingerprint density at radius 1 is 1.06 bits per heavy atom. The Kier molecular flexibility index (Phi) is 4.21. The Morgan fingerprint density at radius 3 is 2.39 bits per heavy atom. The fourth-order valence-electron chi connectivity index (χ4n) is 3.23. The van der Waals surface area contributed by atoms with E-state index in [9.17, 15) is 4.79 Å². The van der Waals surface area contributed by atoms with Crippen LogP contribution in [-0.2, 0) is 11.2 Å². The topological polar surface area (TPSA) is 17.1 Å². The number of ketones is 1. The number of carbonyl (C=O) groups excluding carboxylic acids is 1. The van der Waals surface area contributed by atoms with E-state index in [0.717, 1.165) is 25.7 Å². The standard InChI is InChI=1S/C17H24O/c1-12-9-13(2)16(14(3)10-12)11-15-7-5-4-6-8-17(15)18/h9-10,15H,4-8,11H2,1-3H3. The summed E-state index contributed by atoms with van der Waals surface area (Å²) in [5.74, 6) is 0.763. The molecule has 0 spiro atoms. The number of rotatable bonds is 2. The molecule has 1 heteroatoms. The number of hydrogen-bond donors (Lipinski definition) is 0. The van der Waals surface area contributed by atoms with Gasteiger partial charge in [0.1, 0.15) is 5.78 Å². The van der Waals surface area contributed by atoms with Crippen molar-refractivity contribution in [2.75, 3.05) is 0 Å². The number of carbonyl (C=O) groups is 1. The van der Waals surface area contributed by atoms with Crippen LogP contribution in [0.1, 0.15) is 54.4 Å². The molecular weight excluding hydrogens is 220 g/mol. The molecule has 1 aliphatic carbocycles. The molecule has 1 aromatic rings. The molecule has 0 amide bonds. The Hall–Kier alpha value is -1.11. The lowest BCUT2D eigenvalue weighted by Gasteiger charge is -2.17. The first-order valence-electron chi connectivity index (χ1n) is 7.17. The normalized spacial score (nSPS) is 20.8. The van der Waals surface area contributed by atoms with Gasteiger partial charge in [0.05, 0.1) is 0 Å². The molecule has 1 saturated carbocycles. The zero-order valence-electron chi connectivity index (χ0n) is 11.9. The van der Waals surface area contributed by atoms with Crippen molar-refractivity contribution >= 4 is 5.78 Å². The molecule has 0 heterocycles. The van der Waals surface area contributed by atoms with Crippen LogP contribution in [-0.4, -0.2) is 5.78 Å². The minimum absolute atomic E-state index is 0.271. The molecule has 0 N–H and O–H groups in total. The third-order valence-electron chi connectivity index (χ3n) is 4.22. The molecule has 98 valence electrons. The summed E-state index contributed by atoms with van der Waals surface area (Å²) in [4.78, 5) is 12.1. The molecule has 1 aromatic carbocycles. The van der Waals surface area contributed by atoms with Crippen molar-refractivity contribution in [3.63, 3.8) is 0 Å². The number of aryl methyl sites for hydroxylation is 3. The molecule has 0 radical (unpaired) electrons. The van der Waals surface area contributed by atoms with Crippen LogP contribution in [0.25, 0.3) is 0 Å². The van der Waals surface area contributed by atoms with Gasteiger partial charge in [0.25, 0.3) is 0 Å². The fourth-order valence-corrected chi connectivity index (χ4v) is 3.23. The van der Waals surface area contributed by atoms with Gasteiger partial charge in [-0.25, -0.2) is 0 Å². The lowest BCUT2D eigenvalue weighted by Crippen LogP contribution is -2.16. The van der Waals surface area contributed by atoms with Gasteiger partial charge in [-0.15, -0.1) is 0 Å². The molecule has 18 heavy (non-hydrogen) atoms. The molecule has 1 unspecified atom stereocenters. The van der Waals surface area contributed by atoms with E-state index in [1.807, 2.05) is 0 Å². The van der Waals surface area contributed by atoms with Crippen LogP contribution in [0, 0.1) is 26.7 Å². The SMILES string of the molecule is Cc1cc(C)c(CC2CCCCCC2=O)c(C)c1. The smallest absolute Gasteiger partial charge is 0.136 e. The van der Waals surface area contributed by atoms with Gasteiger partial charge < -0.3 is 0 Å². The van der Waals surface area contributed by atoms with E-state index in [4.69, 9.17) is 0 Å². The highest BCUT2D eigenvalue weighted by molar-refractivity contribution is 5.81. The third-order valence-corrected chi connectivity index (χ3v) is 4.22. The third kappa shape index (κ3) is 3.01. The van der Waals surface area contributed by atoms with Gasteiger partial charge in [0.2, 0.25) is 0 Å². The molecule has 1 fully saturated rings. The van der Waals surface area contributed by atoms with E-state index < -0.39 is 0 Å². The van der Waals surface area contributed by atoms with Crippen LogP contribution >= 0.6 is 0 Å². The number of benzene rings is 1. The Balaban J connectivity index is 2.20. The average Bonchev–Trinajstić information content (AvgIpc) is 2.49. The maximum absolute atomic E-state index is 12.1. The summed E-state index contributed by atoms with van der Waals surface area (Å²) in [5.41, 5.74) is 5.43. The van der Waals surface area contributed by atoms with Crippen molar-refractivity contribution in [3.8, 4) is 0 Å². The van der Waals surface area contributed by atoms with Crippen molar-refractivity contribution < 1.29 is 4.79 Å². The molecule has 2 rings (SSSR count).